The fourth-order valence-electron chi connectivity index (χ4n) is 1.85. The van der Waals surface area contributed by atoms with Crippen molar-refractivity contribution in [2.45, 2.75) is 13.8 Å². The first-order chi connectivity index (χ1) is 10.1. The molecule has 0 aliphatic carbocycles. The maximum absolute atomic E-state index is 11.3. The lowest BCUT2D eigenvalue weighted by Gasteiger charge is -2.08. The fraction of sp³-hybridized carbons (Fsp3) is 0.188. The van der Waals surface area contributed by atoms with E-state index in [9.17, 15) is 4.79 Å². The molecule has 0 aromatic heterocycles. The number of hydrogen-bond donors (Lipinski definition) is 2. The van der Waals surface area contributed by atoms with Gasteiger partial charge in [-0.1, -0.05) is 18.2 Å². The second-order valence-corrected chi connectivity index (χ2v) is 4.65. The van der Waals surface area contributed by atoms with E-state index in [2.05, 4.69) is 20.9 Å². The number of amides is 1. The summed E-state index contributed by atoms with van der Waals surface area (Å²) in [4.78, 5) is 11.3. The average molecular weight is 282 g/mol. The van der Waals surface area contributed by atoms with E-state index in [4.69, 9.17) is 0 Å². The standard InChI is InChI=1S/C16H18N4O/c1-11-6-4-5-7-14(11)19-20-15-9-8-13(17-3)10-16(15)18-12(2)21/h4-10,17H,1-3H3,(H,18,21). The summed E-state index contributed by atoms with van der Waals surface area (Å²) in [5.74, 6) is -0.143. The molecular weight excluding hydrogens is 264 g/mol. The highest BCUT2D eigenvalue weighted by molar-refractivity contribution is 5.92. The van der Waals surface area contributed by atoms with Crippen LogP contribution >= 0.6 is 0 Å². The molecule has 0 heterocycles. The van der Waals surface area contributed by atoms with Gasteiger partial charge in [0, 0.05) is 19.7 Å². The number of nitrogens with zero attached hydrogens (tertiary/aromatic N) is 2. The molecule has 0 saturated heterocycles. The van der Waals surface area contributed by atoms with Crippen molar-refractivity contribution in [3.05, 3.63) is 48.0 Å². The predicted molar refractivity (Wildman–Crippen MR) is 85.6 cm³/mol. The average Bonchev–Trinajstić information content (AvgIpc) is 2.46. The van der Waals surface area contributed by atoms with Gasteiger partial charge >= 0.3 is 0 Å². The number of hydrogen-bond acceptors (Lipinski definition) is 4. The van der Waals surface area contributed by atoms with E-state index in [1.165, 1.54) is 6.92 Å². The second kappa shape index (κ2) is 6.65. The van der Waals surface area contributed by atoms with Gasteiger partial charge in [0.2, 0.25) is 5.91 Å². The summed E-state index contributed by atoms with van der Waals surface area (Å²) in [5.41, 5.74) is 4.01. The minimum absolute atomic E-state index is 0.143. The molecule has 2 aromatic rings. The van der Waals surface area contributed by atoms with Crippen LogP contribution in [0, 0.1) is 6.92 Å². The van der Waals surface area contributed by atoms with E-state index in [-0.39, 0.29) is 5.91 Å². The monoisotopic (exact) mass is 282 g/mol. The number of carbonyl (C=O) groups is 1. The molecule has 0 spiro atoms. The highest BCUT2D eigenvalue weighted by Gasteiger charge is 2.05. The first kappa shape index (κ1) is 14.7. The van der Waals surface area contributed by atoms with E-state index in [1.807, 2.05) is 56.4 Å². The normalized spacial score (nSPS) is 10.6. The van der Waals surface area contributed by atoms with Crippen LogP contribution in [0.25, 0.3) is 0 Å². The van der Waals surface area contributed by atoms with Crippen molar-refractivity contribution in [2.75, 3.05) is 17.7 Å². The summed E-state index contributed by atoms with van der Waals surface area (Å²) in [6, 6.07) is 13.3. The van der Waals surface area contributed by atoms with E-state index in [0.717, 1.165) is 16.9 Å². The zero-order chi connectivity index (χ0) is 15.2. The molecule has 5 heteroatoms. The number of azo groups is 1. The van der Waals surface area contributed by atoms with E-state index < -0.39 is 0 Å². The van der Waals surface area contributed by atoms with E-state index in [0.29, 0.717) is 11.4 Å². The van der Waals surface area contributed by atoms with Crippen molar-refractivity contribution in [2.24, 2.45) is 10.2 Å². The van der Waals surface area contributed by atoms with Crippen LogP contribution in [0.1, 0.15) is 12.5 Å². The Bertz CT molecular complexity index is 680. The maximum atomic E-state index is 11.3. The molecule has 0 aliphatic rings. The summed E-state index contributed by atoms with van der Waals surface area (Å²) in [5, 5.41) is 14.3. The molecule has 0 fully saturated rings. The van der Waals surface area contributed by atoms with Gasteiger partial charge in [-0.25, -0.2) is 0 Å². The number of benzene rings is 2. The highest BCUT2D eigenvalue weighted by Crippen LogP contribution is 2.30. The van der Waals surface area contributed by atoms with Gasteiger partial charge in [0.25, 0.3) is 0 Å². The first-order valence-corrected chi connectivity index (χ1v) is 6.67. The van der Waals surface area contributed by atoms with Crippen molar-refractivity contribution in [1.29, 1.82) is 0 Å². The number of aryl methyl sites for hydroxylation is 1. The van der Waals surface area contributed by atoms with Gasteiger partial charge in [0.05, 0.1) is 11.4 Å². The van der Waals surface area contributed by atoms with Gasteiger partial charge in [0.1, 0.15) is 5.69 Å². The molecule has 5 nitrogen and oxygen atoms in total. The van der Waals surface area contributed by atoms with Crippen LogP contribution < -0.4 is 10.6 Å². The molecule has 0 unspecified atom stereocenters. The molecule has 21 heavy (non-hydrogen) atoms. The SMILES string of the molecule is CNc1ccc(N=Nc2ccccc2C)c(NC(C)=O)c1. The summed E-state index contributed by atoms with van der Waals surface area (Å²) in [7, 11) is 1.82. The van der Waals surface area contributed by atoms with Gasteiger partial charge in [-0.15, -0.1) is 5.11 Å². The third kappa shape index (κ3) is 3.89. The van der Waals surface area contributed by atoms with Crippen LogP contribution in [0.5, 0.6) is 0 Å². The quantitative estimate of drug-likeness (QED) is 0.816. The molecule has 0 saturated carbocycles. The van der Waals surface area contributed by atoms with Crippen LogP contribution in [0.15, 0.2) is 52.7 Å². The van der Waals surface area contributed by atoms with Crippen LogP contribution in [-0.2, 0) is 4.79 Å². The van der Waals surface area contributed by atoms with Crippen molar-refractivity contribution < 1.29 is 4.79 Å². The van der Waals surface area contributed by atoms with Crippen molar-refractivity contribution in [3.63, 3.8) is 0 Å². The number of anilines is 2. The molecule has 2 aromatic carbocycles. The molecule has 2 N–H and O–H groups in total. The number of nitrogens with one attached hydrogen (secondary N) is 2. The number of carbonyl (C=O) groups excluding carboxylic acids is 1. The van der Waals surface area contributed by atoms with Crippen LogP contribution in [-0.4, -0.2) is 13.0 Å². The summed E-state index contributed by atoms with van der Waals surface area (Å²) in [6.07, 6.45) is 0. The number of rotatable bonds is 4. The lowest BCUT2D eigenvalue weighted by molar-refractivity contribution is -0.114. The molecule has 0 radical (unpaired) electrons. The Labute approximate surface area is 124 Å². The van der Waals surface area contributed by atoms with Crippen molar-refractivity contribution >= 4 is 28.7 Å². The molecular formula is C16H18N4O. The lowest BCUT2D eigenvalue weighted by Crippen LogP contribution is -2.06. The van der Waals surface area contributed by atoms with Crippen LogP contribution in [0.2, 0.25) is 0 Å². The van der Waals surface area contributed by atoms with E-state index in [1.54, 1.807) is 0 Å². The smallest absolute Gasteiger partial charge is 0.221 e. The summed E-state index contributed by atoms with van der Waals surface area (Å²) < 4.78 is 0. The zero-order valence-corrected chi connectivity index (χ0v) is 12.3. The highest BCUT2D eigenvalue weighted by atomic mass is 16.1. The Kier molecular flexibility index (Phi) is 4.66. The first-order valence-electron chi connectivity index (χ1n) is 6.67. The Hall–Kier alpha value is -2.69. The molecule has 2 rings (SSSR count). The van der Waals surface area contributed by atoms with Gasteiger partial charge < -0.3 is 10.6 Å². The molecule has 108 valence electrons. The Morgan fingerprint density at radius 2 is 1.76 bits per heavy atom. The second-order valence-electron chi connectivity index (χ2n) is 4.65. The summed E-state index contributed by atoms with van der Waals surface area (Å²) >= 11 is 0. The largest absolute Gasteiger partial charge is 0.388 e. The van der Waals surface area contributed by atoms with Crippen LogP contribution in [0.3, 0.4) is 0 Å². The van der Waals surface area contributed by atoms with Gasteiger partial charge in [0.15, 0.2) is 0 Å². The minimum Gasteiger partial charge on any atom is -0.388 e. The molecule has 1 amide bonds. The maximum Gasteiger partial charge on any atom is 0.221 e. The molecule has 0 aliphatic heterocycles. The fourth-order valence-corrected chi connectivity index (χ4v) is 1.85. The van der Waals surface area contributed by atoms with Gasteiger partial charge in [-0.2, -0.15) is 5.11 Å². The van der Waals surface area contributed by atoms with Gasteiger partial charge in [-0.3, -0.25) is 4.79 Å². The topological polar surface area (TPSA) is 65.8 Å². The zero-order valence-electron chi connectivity index (χ0n) is 12.3. The van der Waals surface area contributed by atoms with Gasteiger partial charge in [-0.05, 0) is 36.8 Å². The third-order valence-electron chi connectivity index (χ3n) is 2.98. The minimum atomic E-state index is -0.143. The van der Waals surface area contributed by atoms with Crippen LogP contribution in [0.4, 0.5) is 22.7 Å². The predicted octanol–water partition coefficient (Wildman–Crippen LogP) is 4.41. The van der Waals surface area contributed by atoms with Crippen molar-refractivity contribution in [3.8, 4) is 0 Å². The lowest BCUT2D eigenvalue weighted by atomic mass is 10.2. The Balaban J connectivity index is 2.34. The Morgan fingerprint density at radius 1 is 1.05 bits per heavy atom. The van der Waals surface area contributed by atoms with Crippen molar-refractivity contribution in [1.82, 2.24) is 0 Å². The third-order valence-corrected chi connectivity index (χ3v) is 2.98. The van der Waals surface area contributed by atoms with E-state index >= 15 is 0 Å². The summed E-state index contributed by atoms with van der Waals surface area (Å²) in [6.45, 7) is 3.45. The Morgan fingerprint density at radius 3 is 2.43 bits per heavy atom. The molecule has 0 bridgehead atoms. The molecule has 0 atom stereocenters.